The molecule has 2 aliphatic rings. The van der Waals surface area contributed by atoms with Crippen molar-refractivity contribution in [3.63, 3.8) is 0 Å². The SMILES string of the molecule is c1ccc(CC2COC(c3ccccc3Nc3ccccc3Nc3ccccc3C3=NC(Cc4ccccc4)CO3)=N2)cc1. The summed E-state index contributed by atoms with van der Waals surface area (Å²) in [6, 6.07) is 45.6. The number of hydrogen-bond acceptors (Lipinski definition) is 6. The molecule has 2 N–H and O–H groups in total. The fraction of sp³-hybridized carbons (Fsp3) is 0.158. The number of benzene rings is 5. The summed E-state index contributed by atoms with van der Waals surface area (Å²) in [5, 5.41) is 7.28. The lowest BCUT2D eigenvalue weighted by molar-refractivity contribution is 0.317. The van der Waals surface area contributed by atoms with E-state index in [4.69, 9.17) is 19.5 Å². The van der Waals surface area contributed by atoms with E-state index in [0.29, 0.717) is 25.0 Å². The van der Waals surface area contributed by atoms with Gasteiger partial charge in [-0.1, -0.05) is 97.1 Å². The molecule has 2 atom stereocenters. The van der Waals surface area contributed by atoms with E-state index in [1.165, 1.54) is 11.1 Å². The van der Waals surface area contributed by atoms with Crippen LogP contribution in [0.2, 0.25) is 0 Å². The van der Waals surface area contributed by atoms with Crippen LogP contribution in [0.4, 0.5) is 22.7 Å². The first-order valence-corrected chi connectivity index (χ1v) is 15.1. The molecule has 0 saturated heterocycles. The zero-order valence-electron chi connectivity index (χ0n) is 24.4. The number of nitrogens with zero attached hydrogens (tertiary/aromatic N) is 2. The lowest BCUT2D eigenvalue weighted by Crippen LogP contribution is -2.10. The predicted octanol–water partition coefficient (Wildman–Crippen LogP) is 7.95. The number of hydrogen-bond donors (Lipinski definition) is 2. The van der Waals surface area contributed by atoms with Gasteiger partial charge < -0.3 is 20.1 Å². The molecule has 0 aliphatic carbocycles. The van der Waals surface area contributed by atoms with Crippen LogP contribution in [0.1, 0.15) is 22.3 Å². The topological polar surface area (TPSA) is 67.2 Å². The standard InChI is InChI=1S/C38H34N4O2/c1-3-13-27(14-4-1)23-29-25-43-37(39-29)31-17-7-9-19-33(31)41-35-21-11-12-22-36(35)42-34-20-10-8-18-32(34)38-40-30(26-44-38)24-28-15-5-2-6-16-28/h1-22,29-30,41-42H,23-26H2. The van der Waals surface area contributed by atoms with Gasteiger partial charge in [0.1, 0.15) is 13.2 Å². The van der Waals surface area contributed by atoms with E-state index in [9.17, 15) is 0 Å². The van der Waals surface area contributed by atoms with Gasteiger partial charge in [0.25, 0.3) is 0 Å². The van der Waals surface area contributed by atoms with Crippen LogP contribution < -0.4 is 10.6 Å². The predicted molar refractivity (Wildman–Crippen MR) is 179 cm³/mol. The van der Waals surface area contributed by atoms with Crippen molar-refractivity contribution in [1.82, 2.24) is 0 Å². The first kappa shape index (κ1) is 27.5. The van der Waals surface area contributed by atoms with Crippen molar-refractivity contribution >= 4 is 34.5 Å². The number of rotatable bonds is 10. The van der Waals surface area contributed by atoms with E-state index in [2.05, 4.69) is 95.6 Å². The fourth-order valence-electron chi connectivity index (χ4n) is 5.66. The molecule has 5 aromatic carbocycles. The minimum atomic E-state index is 0.0962. The van der Waals surface area contributed by atoms with Crippen molar-refractivity contribution in [2.45, 2.75) is 24.9 Å². The van der Waals surface area contributed by atoms with Crippen LogP contribution in [0.5, 0.6) is 0 Å². The Morgan fingerprint density at radius 2 is 0.818 bits per heavy atom. The second-order valence-corrected chi connectivity index (χ2v) is 11.1. The Kier molecular flexibility index (Phi) is 8.04. The molecule has 5 aromatic rings. The van der Waals surface area contributed by atoms with Gasteiger partial charge in [-0.25, -0.2) is 9.98 Å². The molecule has 0 radical (unpaired) electrons. The van der Waals surface area contributed by atoms with E-state index in [1.807, 2.05) is 48.5 Å². The third-order valence-electron chi connectivity index (χ3n) is 7.83. The maximum absolute atomic E-state index is 6.11. The highest BCUT2D eigenvalue weighted by Gasteiger charge is 2.24. The summed E-state index contributed by atoms with van der Waals surface area (Å²) < 4.78 is 12.2. The summed E-state index contributed by atoms with van der Waals surface area (Å²) >= 11 is 0. The average molecular weight is 579 g/mol. The van der Waals surface area contributed by atoms with Crippen molar-refractivity contribution in [3.05, 3.63) is 156 Å². The van der Waals surface area contributed by atoms with Crippen LogP contribution in [0.3, 0.4) is 0 Å². The summed E-state index contributed by atoms with van der Waals surface area (Å²) in [4.78, 5) is 9.89. The smallest absolute Gasteiger partial charge is 0.218 e. The van der Waals surface area contributed by atoms with Crippen molar-refractivity contribution in [2.75, 3.05) is 23.8 Å². The molecular formula is C38H34N4O2. The minimum Gasteiger partial charge on any atom is -0.475 e. The van der Waals surface area contributed by atoms with Crippen LogP contribution in [-0.4, -0.2) is 37.1 Å². The Morgan fingerprint density at radius 1 is 0.455 bits per heavy atom. The molecule has 2 heterocycles. The molecule has 218 valence electrons. The quantitative estimate of drug-likeness (QED) is 0.177. The largest absolute Gasteiger partial charge is 0.475 e. The summed E-state index contributed by atoms with van der Waals surface area (Å²) in [5.74, 6) is 1.34. The van der Waals surface area contributed by atoms with Gasteiger partial charge in [0.15, 0.2) is 0 Å². The summed E-state index contributed by atoms with van der Waals surface area (Å²) in [6.07, 6.45) is 1.71. The molecule has 0 bridgehead atoms. The number of anilines is 4. The molecule has 7 rings (SSSR count). The van der Waals surface area contributed by atoms with Crippen LogP contribution in [-0.2, 0) is 22.3 Å². The second kappa shape index (κ2) is 12.9. The van der Waals surface area contributed by atoms with Gasteiger partial charge in [0.05, 0.1) is 46.0 Å². The van der Waals surface area contributed by atoms with E-state index >= 15 is 0 Å². The molecule has 2 unspecified atom stereocenters. The van der Waals surface area contributed by atoms with Crippen molar-refractivity contribution in [3.8, 4) is 0 Å². The maximum atomic E-state index is 6.11. The highest BCUT2D eigenvalue weighted by molar-refractivity contribution is 6.03. The highest BCUT2D eigenvalue weighted by atomic mass is 16.5. The monoisotopic (exact) mass is 578 g/mol. The number of ether oxygens (including phenoxy) is 2. The van der Waals surface area contributed by atoms with Gasteiger partial charge in [-0.15, -0.1) is 0 Å². The normalized spacial score (nSPS) is 17.3. The number of para-hydroxylation sites is 4. The molecule has 0 amide bonds. The van der Waals surface area contributed by atoms with Crippen LogP contribution in [0.25, 0.3) is 0 Å². The minimum absolute atomic E-state index is 0.0962. The molecule has 0 spiro atoms. The van der Waals surface area contributed by atoms with Crippen LogP contribution in [0.15, 0.2) is 143 Å². The molecular weight excluding hydrogens is 544 g/mol. The zero-order chi connectivity index (χ0) is 29.6. The van der Waals surface area contributed by atoms with Crippen molar-refractivity contribution in [2.24, 2.45) is 9.98 Å². The Balaban J connectivity index is 1.10. The summed E-state index contributed by atoms with van der Waals surface area (Å²) in [6.45, 7) is 1.15. The Hall–Kier alpha value is -5.36. The Bertz CT molecular complexity index is 1650. The lowest BCUT2D eigenvalue weighted by atomic mass is 10.1. The van der Waals surface area contributed by atoms with Gasteiger partial charge in [-0.3, -0.25) is 0 Å². The second-order valence-electron chi connectivity index (χ2n) is 11.1. The maximum Gasteiger partial charge on any atom is 0.218 e. The fourth-order valence-corrected chi connectivity index (χ4v) is 5.66. The van der Waals surface area contributed by atoms with E-state index in [-0.39, 0.29) is 12.1 Å². The van der Waals surface area contributed by atoms with Gasteiger partial charge in [0, 0.05) is 0 Å². The average Bonchev–Trinajstić information content (AvgIpc) is 3.73. The molecule has 0 aromatic heterocycles. The van der Waals surface area contributed by atoms with E-state index in [1.54, 1.807) is 0 Å². The van der Waals surface area contributed by atoms with Crippen molar-refractivity contribution in [1.29, 1.82) is 0 Å². The molecule has 6 heteroatoms. The first-order valence-electron chi connectivity index (χ1n) is 15.1. The highest BCUT2D eigenvalue weighted by Crippen LogP contribution is 2.32. The number of aliphatic imine (C=N–C) groups is 2. The molecule has 2 aliphatic heterocycles. The van der Waals surface area contributed by atoms with E-state index < -0.39 is 0 Å². The molecule has 0 saturated carbocycles. The van der Waals surface area contributed by atoms with Gasteiger partial charge in [-0.2, -0.15) is 0 Å². The lowest BCUT2D eigenvalue weighted by Gasteiger charge is -2.17. The van der Waals surface area contributed by atoms with Crippen LogP contribution in [0, 0.1) is 0 Å². The van der Waals surface area contributed by atoms with Crippen LogP contribution >= 0.6 is 0 Å². The van der Waals surface area contributed by atoms with Gasteiger partial charge >= 0.3 is 0 Å². The van der Waals surface area contributed by atoms with Gasteiger partial charge in [-0.05, 0) is 60.4 Å². The Labute approximate surface area is 258 Å². The molecule has 44 heavy (non-hydrogen) atoms. The molecule has 6 nitrogen and oxygen atoms in total. The molecule has 0 fully saturated rings. The summed E-state index contributed by atoms with van der Waals surface area (Å²) in [7, 11) is 0. The third-order valence-corrected chi connectivity index (χ3v) is 7.83. The van der Waals surface area contributed by atoms with E-state index in [0.717, 1.165) is 46.7 Å². The Morgan fingerprint density at radius 3 is 1.25 bits per heavy atom. The third kappa shape index (κ3) is 6.35. The van der Waals surface area contributed by atoms with Crippen molar-refractivity contribution < 1.29 is 9.47 Å². The van der Waals surface area contributed by atoms with Gasteiger partial charge in [0.2, 0.25) is 11.8 Å². The zero-order valence-corrected chi connectivity index (χ0v) is 24.4. The summed E-state index contributed by atoms with van der Waals surface area (Å²) in [5.41, 5.74) is 8.14. The number of nitrogens with one attached hydrogen (secondary N) is 2. The first-order chi connectivity index (χ1) is 21.8.